The molecular weight excluding hydrogens is 394 g/mol. The maximum atomic E-state index is 12.6. The van der Waals surface area contributed by atoms with Crippen LogP contribution >= 0.6 is 11.3 Å². The fourth-order valence-electron chi connectivity index (χ4n) is 3.99. The summed E-state index contributed by atoms with van der Waals surface area (Å²) in [6.07, 6.45) is 4.00. The molecule has 28 heavy (non-hydrogen) atoms. The number of likely N-dealkylation sites (tertiary alicyclic amines) is 1. The van der Waals surface area contributed by atoms with Crippen LogP contribution in [0.25, 0.3) is 0 Å². The molecule has 2 aliphatic rings. The molecule has 2 fully saturated rings. The second-order valence-electron chi connectivity index (χ2n) is 7.33. The lowest BCUT2D eigenvalue weighted by atomic mass is 10.2. The van der Waals surface area contributed by atoms with E-state index < -0.39 is 10.0 Å². The highest BCUT2D eigenvalue weighted by Crippen LogP contribution is 2.34. The van der Waals surface area contributed by atoms with Crippen molar-refractivity contribution in [3.63, 3.8) is 0 Å². The van der Waals surface area contributed by atoms with Crippen LogP contribution in [0.3, 0.4) is 0 Å². The molecule has 150 valence electrons. The predicted molar refractivity (Wildman–Crippen MR) is 111 cm³/mol. The summed E-state index contributed by atoms with van der Waals surface area (Å²) in [6.45, 7) is 2.43. The van der Waals surface area contributed by atoms with Gasteiger partial charge in [-0.25, -0.2) is 8.42 Å². The Morgan fingerprint density at radius 1 is 1.07 bits per heavy atom. The molecule has 4 rings (SSSR count). The van der Waals surface area contributed by atoms with E-state index in [9.17, 15) is 13.2 Å². The fraction of sp³-hybridized carbons (Fsp3) is 0.450. The first-order chi connectivity index (χ1) is 13.5. The first-order valence-electron chi connectivity index (χ1n) is 9.71. The zero-order valence-electron chi connectivity index (χ0n) is 15.7. The summed E-state index contributed by atoms with van der Waals surface area (Å²) in [6, 6.07) is 11.0. The summed E-state index contributed by atoms with van der Waals surface area (Å²) in [4.78, 5) is 16.3. The molecule has 2 saturated heterocycles. The largest absolute Gasteiger partial charge is 0.325 e. The highest BCUT2D eigenvalue weighted by Gasteiger charge is 2.29. The van der Waals surface area contributed by atoms with E-state index in [0.717, 1.165) is 32.2 Å². The van der Waals surface area contributed by atoms with Gasteiger partial charge in [0.25, 0.3) is 0 Å². The summed E-state index contributed by atoms with van der Waals surface area (Å²) >= 11 is 1.73. The smallest absolute Gasteiger partial charge is 0.243 e. The van der Waals surface area contributed by atoms with Crippen LogP contribution < -0.4 is 5.32 Å². The number of carbonyl (C=O) groups is 1. The molecule has 0 radical (unpaired) electrons. The Labute approximate surface area is 170 Å². The van der Waals surface area contributed by atoms with Crippen molar-refractivity contribution in [2.45, 2.75) is 36.6 Å². The monoisotopic (exact) mass is 419 g/mol. The third-order valence-electron chi connectivity index (χ3n) is 5.42. The number of anilines is 1. The van der Waals surface area contributed by atoms with Crippen LogP contribution in [0.15, 0.2) is 46.7 Å². The third kappa shape index (κ3) is 4.15. The normalized spacial score (nSPS) is 21.2. The Morgan fingerprint density at radius 3 is 2.50 bits per heavy atom. The number of sulfonamides is 1. The van der Waals surface area contributed by atoms with Gasteiger partial charge in [0.2, 0.25) is 15.9 Å². The molecule has 1 aromatic carbocycles. The van der Waals surface area contributed by atoms with E-state index in [4.69, 9.17) is 0 Å². The Balaban J connectivity index is 1.37. The van der Waals surface area contributed by atoms with Crippen LogP contribution in [0.2, 0.25) is 0 Å². The molecule has 0 aliphatic carbocycles. The molecule has 1 aromatic heterocycles. The van der Waals surface area contributed by atoms with Crippen molar-refractivity contribution >= 4 is 33.0 Å². The average molecular weight is 420 g/mol. The number of thiophene rings is 1. The van der Waals surface area contributed by atoms with Gasteiger partial charge in [-0.15, -0.1) is 11.3 Å². The van der Waals surface area contributed by atoms with Gasteiger partial charge in [-0.1, -0.05) is 6.07 Å². The van der Waals surface area contributed by atoms with E-state index in [-0.39, 0.29) is 10.8 Å². The number of hydrogen-bond acceptors (Lipinski definition) is 5. The maximum absolute atomic E-state index is 12.6. The lowest BCUT2D eigenvalue weighted by Crippen LogP contribution is -2.32. The molecular formula is C20H25N3O3S2. The molecule has 3 heterocycles. The van der Waals surface area contributed by atoms with E-state index in [1.54, 1.807) is 35.6 Å². The second kappa shape index (κ2) is 8.32. The van der Waals surface area contributed by atoms with Crippen LogP contribution in [0.1, 0.15) is 36.6 Å². The summed E-state index contributed by atoms with van der Waals surface area (Å²) in [7, 11) is -3.42. The third-order valence-corrected chi connectivity index (χ3v) is 8.31. The average Bonchev–Trinajstić information content (AvgIpc) is 3.44. The van der Waals surface area contributed by atoms with Gasteiger partial charge in [0.1, 0.15) is 0 Å². The van der Waals surface area contributed by atoms with Crippen LogP contribution in [-0.2, 0) is 14.8 Å². The van der Waals surface area contributed by atoms with Gasteiger partial charge < -0.3 is 5.32 Å². The molecule has 2 aliphatic heterocycles. The molecule has 1 N–H and O–H groups in total. The SMILES string of the molecule is O=C(CN1CCC[C@@H]1c1cccs1)Nc1ccc(S(=O)(=O)N2CCCC2)cc1. The Bertz CT molecular complexity index is 905. The van der Waals surface area contributed by atoms with Gasteiger partial charge >= 0.3 is 0 Å². The highest BCUT2D eigenvalue weighted by molar-refractivity contribution is 7.89. The Kier molecular flexibility index (Phi) is 5.82. The van der Waals surface area contributed by atoms with Crippen LogP contribution in [0.5, 0.6) is 0 Å². The van der Waals surface area contributed by atoms with Crippen molar-refractivity contribution < 1.29 is 13.2 Å². The van der Waals surface area contributed by atoms with Gasteiger partial charge in [-0.3, -0.25) is 9.69 Å². The predicted octanol–water partition coefficient (Wildman–Crippen LogP) is 3.31. The number of amides is 1. The molecule has 8 heteroatoms. The van der Waals surface area contributed by atoms with E-state index in [0.29, 0.717) is 31.4 Å². The minimum Gasteiger partial charge on any atom is -0.325 e. The second-order valence-corrected chi connectivity index (χ2v) is 10.2. The Hall–Kier alpha value is -1.74. The van der Waals surface area contributed by atoms with E-state index in [1.807, 2.05) is 6.07 Å². The number of benzene rings is 1. The van der Waals surface area contributed by atoms with E-state index >= 15 is 0 Å². The van der Waals surface area contributed by atoms with Crippen molar-refractivity contribution in [3.05, 3.63) is 46.7 Å². The van der Waals surface area contributed by atoms with E-state index in [1.165, 1.54) is 9.18 Å². The number of rotatable bonds is 6. The van der Waals surface area contributed by atoms with Crippen molar-refractivity contribution in [2.75, 3.05) is 31.5 Å². The number of hydrogen-bond donors (Lipinski definition) is 1. The number of nitrogens with zero attached hydrogens (tertiary/aromatic N) is 2. The number of nitrogens with one attached hydrogen (secondary N) is 1. The van der Waals surface area contributed by atoms with Gasteiger partial charge in [-0.05, 0) is 67.9 Å². The quantitative estimate of drug-likeness (QED) is 0.780. The number of carbonyl (C=O) groups excluding carboxylic acids is 1. The maximum Gasteiger partial charge on any atom is 0.243 e. The highest BCUT2D eigenvalue weighted by atomic mass is 32.2. The van der Waals surface area contributed by atoms with Crippen LogP contribution in [0.4, 0.5) is 5.69 Å². The summed E-state index contributed by atoms with van der Waals surface area (Å²) < 4.78 is 26.7. The molecule has 0 spiro atoms. The van der Waals surface area contributed by atoms with Crippen molar-refractivity contribution in [2.24, 2.45) is 0 Å². The summed E-state index contributed by atoms with van der Waals surface area (Å²) in [5.41, 5.74) is 0.622. The first-order valence-corrected chi connectivity index (χ1v) is 12.0. The van der Waals surface area contributed by atoms with Crippen molar-refractivity contribution in [3.8, 4) is 0 Å². The van der Waals surface area contributed by atoms with Crippen LogP contribution in [-0.4, -0.2) is 49.7 Å². The fourth-order valence-corrected chi connectivity index (χ4v) is 6.40. The summed E-state index contributed by atoms with van der Waals surface area (Å²) in [5.74, 6) is -0.0707. The van der Waals surface area contributed by atoms with Gasteiger partial charge in [0.05, 0.1) is 11.4 Å². The van der Waals surface area contributed by atoms with Crippen LogP contribution in [0, 0.1) is 0 Å². The van der Waals surface area contributed by atoms with Crippen molar-refractivity contribution in [1.29, 1.82) is 0 Å². The molecule has 2 aromatic rings. The van der Waals surface area contributed by atoms with Crippen molar-refractivity contribution in [1.82, 2.24) is 9.21 Å². The minimum absolute atomic E-state index is 0.0707. The standard InChI is InChI=1S/C20H25N3O3S2/c24-20(15-22-11-3-5-18(22)19-6-4-14-27-19)21-16-7-9-17(10-8-16)28(25,26)23-12-1-2-13-23/h4,6-10,14,18H,1-3,5,11-13,15H2,(H,21,24)/t18-/m1/s1. The van der Waals surface area contributed by atoms with Gasteiger partial charge in [0.15, 0.2) is 0 Å². The zero-order valence-corrected chi connectivity index (χ0v) is 17.3. The minimum atomic E-state index is -3.42. The molecule has 0 saturated carbocycles. The Morgan fingerprint density at radius 2 is 1.82 bits per heavy atom. The first kappa shape index (κ1) is 19.6. The molecule has 0 bridgehead atoms. The molecule has 6 nitrogen and oxygen atoms in total. The lowest BCUT2D eigenvalue weighted by molar-refractivity contribution is -0.117. The molecule has 1 amide bonds. The molecule has 1 atom stereocenters. The summed E-state index contributed by atoms with van der Waals surface area (Å²) in [5, 5.41) is 4.97. The topological polar surface area (TPSA) is 69.7 Å². The van der Waals surface area contributed by atoms with Gasteiger partial charge in [-0.2, -0.15) is 4.31 Å². The zero-order chi connectivity index (χ0) is 19.6. The molecule has 0 unspecified atom stereocenters. The lowest BCUT2D eigenvalue weighted by Gasteiger charge is -2.23. The van der Waals surface area contributed by atoms with Gasteiger partial charge in [0, 0.05) is 29.7 Å². The van der Waals surface area contributed by atoms with E-state index in [2.05, 4.69) is 21.7 Å².